The zero-order chi connectivity index (χ0) is 20.0. The number of hydrogen-bond acceptors (Lipinski definition) is 5. The topological polar surface area (TPSA) is 83.4 Å². The van der Waals surface area contributed by atoms with Crippen LogP contribution in [0.1, 0.15) is 28.8 Å². The number of hydrogen-bond donors (Lipinski definition) is 1. The van der Waals surface area contributed by atoms with Crippen molar-refractivity contribution in [1.82, 2.24) is 24.6 Å². The van der Waals surface area contributed by atoms with Crippen LogP contribution < -0.4 is 5.32 Å². The summed E-state index contributed by atoms with van der Waals surface area (Å²) in [4.78, 5) is 33.6. The number of carbonyl (C=O) groups excluding carboxylic acids is 2. The minimum absolute atomic E-state index is 0.0295. The van der Waals surface area contributed by atoms with Crippen LogP contribution in [0.3, 0.4) is 0 Å². The van der Waals surface area contributed by atoms with E-state index in [1.165, 1.54) is 0 Å². The van der Waals surface area contributed by atoms with E-state index in [1.54, 1.807) is 15.8 Å². The maximum absolute atomic E-state index is 13.1. The van der Waals surface area contributed by atoms with Crippen molar-refractivity contribution in [2.45, 2.75) is 19.4 Å². The summed E-state index contributed by atoms with van der Waals surface area (Å²) in [6.45, 7) is 2.18. The van der Waals surface area contributed by atoms with Crippen molar-refractivity contribution in [1.29, 1.82) is 0 Å². The lowest BCUT2D eigenvalue weighted by Gasteiger charge is -2.20. The molecule has 4 heterocycles. The Labute approximate surface area is 168 Å². The van der Waals surface area contributed by atoms with Crippen molar-refractivity contribution in [2.75, 3.05) is 25.0 Å². The molecule has 8 heteroatoms. The second-order valence-corrected chi connectivity index (χ2v) is 7.58. The van der Waals surface area contributed by atoms with Gasteiger partial charge in [0, 0.05) is 26.7 Å². The highest BCUT2D eigenvalue weighted by atomic mass is 16.2. The standard InChI is InChI=1S/C21H22N6O2/c1-25-17-7-8-18(24-16(17)11-22-25)23-15-6-4-5-14-12-27(21(29)20(14)15)13-19(28)26-9-2-3-10-26/h4-8,11H,2-3,9-10,12-13H2,1H3,(H,23,24). The Balaban J connectivity index is 1.38. The first kappa shape index (κ1) is 17.7. The fourth-order valence-electron chi connectivity index (χ4n) is 4.13. The van der Waals surface area contributed by atoms with E-state index >= 15 is 0 Å². The average molecular weight is 390 g/mol. The summed E-state index contributed by atoms with van der Waals surface area (Å²) >= 11 is 0. The predicted octanol–water partition coefficient (Wildman–Crippen LogP) is 2.29. The molecule has 2 amide bonds. The van der Waals surface area contributed by atoms with Gasteiger partial charge in [-0.2, -0.15) is 5.10 Å². The van der Waals surface area contributed by atoms with Crippen molar-refractivity contribution in [2.24, 2.45) is 7.05 Å². The van der Waals surface area contributed by atoms with Gasteiger partial charge in [-0.3, -0.25) is 14.3 Å². The summed E-state index contributed by atoms with van der Waals surface area (Å²) < 4.78 is 1.77. The zero-order valence-electron chi connectivity index (χ0n) is 16.3. The average Bonchev–Trinajstić information content (AvgIpc) is 3.43. The molecule has 1 N–H and O–H groups in total. The molecular formula is C21H22N6O2. The molecular weight excluding hydrogens is 368 g/mol. The minimum Gasteiger partial charge on any atom is -0.341 e. The van der Waals surface area contributed by atoms with Gasteiger partial charge < -0.3 is 15.1 Å². The number of aryl methyl sites for hydroxylation is 1. The van der Waals surface area contributed by atoms with Gasteiger partial charge in [0.05, 0.1) is 23.0 Å². The van der Waals surface area contributed by atoms with E-state index in [0.717, 1.165) is 42.5 Å². The summed E-state index contributed by atoms with van der Waals surface area (Å²) in [6.07, 6.45) is 3.80. The van der Waals surface area contributed by atoms with Crippen LogP contribution in [0.15, 0.2) is 36.5 Å². The number of anilines is 2. The molecule has 2 aromatic heterocycles. The molecule has 29 heavy (non-hydrogen) atoms. The van der Waals surface area contributed by atoms with Crippen LogP contribution in [0, 0.1) is 0 Å². The largest absolute Gasteiger partial charge is 0.341 e. The first-order valence-electron chi connectivity index (χ1n) is 9.85. The van der Waals surface area contributed by atoms with Crippen molar-refractivity contribution in [3.05, 3.63) is 47.7 Å². The maximum Gasteiger partial charge on any atom is 0.257 e. The number of aromatic nitrogens is 3. The third kappa shape index (κ3) is 3.10. The van der Waals surface area contributed by atoms with Gasteiger partial charge in [0.1, 0.15) is 17.9 Å². The number of nitrogens with one attached hydrogen (secondary N) is 1. The van der Waals surface area contributed by atoms with E-state index in [9.17, 15) is 9.59 Å². The Morgan fingerprint density at radius 2 is 2.00 bits per heavy atom. The van der Waals surface area contributed by atoms with Crippen molar-refractivity contribution in [3.8, 4) is 0 Å². The van der Waals surface area contributed by atoms with E-state index in [2.05, 4.69) is 15.4 Å². The lowest BCUT2D eigenvalue weighted by atomic mass is 10.1. The second-order valence-electron chi connectivity index (χ2n) is 7.58. The molecule has 0 spiro atoms. The first-order valence-corrected chi connectivity index (χ1v) is 9.85. The van der Waals surface area contributed by atoms with Crippen molar-refractivity contribution < 1.29 is 9.59 Å². The number of rotatable bonds is 4. The number of carbonyl (C=O) groups is 2. The monoisotopic (exact) mass is 390 g/mol. The predicted molar refractivity (Wildman–Crippen MR) is 109 cm³/mol. The van der Waals surface area contributed by atoms with Gasteiger partial charge in [-0.15, -0.1) is 0 Å². The Kier molecular flexibility index (Phi) is 4.19. The Bertz CT molecular complexity index is 1120. The molecule has 5 rings (SSSR count). The highest BCUT2D eigenvalue weighted by Crippen LogP contribution is 2.31. The van der Waals surface area contributed by atoms with E-state index in [1.807, 2.05) is 42.3 Å². The Morgan fingerprint density at radius 1 is 1.17 bits per heavy atom. The molecule has 1 saturated heterocycles. The van der Waals surface area contributed by atoms with Gasteiger partial charge in [-0.05, 0) is 36.6 Å². The Morgan fingerprint density at radius 3 is 2.83 bits per heavy atom. The number of likely N-dealkylation sites (tertiary alicyclic amines) is 1. The molecule has 0 radical (unpaired) electrons. The van der Waals surface area contributed by atoms with E-state index in [0.29, 0.717) is 23.6 Å². The minimum atomic E-state index is -0.113. The molecule has 148 valence electrons. The number of pyridine rings is 1. The summed E-state index contributed by atoms with van der Waals surface area (Å²) in [5.74, 6) is 0.568. The highest BCUT2D eigenvalue weighted by molar-refractivity contribution is 6.05. The third-order valence-electron chi connectivity index (χ3n) is 5.66. The molecule has 2 aliphatic rings. The number of nitrogens with zero attached hydrogens (tertiary/aromatic N) is 5. The van der Waals surface area contributed by atoms with E-state index < -0.39 is 0 Å². The summed E-state index contributed by atoms with van der Waals surface area (Å²) in [5.41, 5.74) is 3.98. The van der Waals surface area contributed by atoms with Gasteiger partial charge in [0.2, 0.25) is 5.91 Å². The molecule has 0 aliphatic carbocycles. The van der Waals surface area contributed by atoms with Crippen molar-refractivity contribution >= 4 is 34.4 Å². The summed E-state index contributed by atoms with van der Waals surface area (Å²) in [6, 6.07) is 9.55. The van der Waals surface area contributed by atoms with Crippen molar-refractivity contribution in [3.63, 3.8) is 0 Å². The number of fused-ring (bicyclic) bond motifs is 2. The van der Waals surface area contributed by atoms with Crippen LogP contribution in [0.5, 0.6) is 0 Å². The third-order valence-corrected chi connectivity index (χ3v) is 5.66. The fourth-order valence-corrected chi connectivity index (χ4v) is 4.13. The van der Waals surface area contributed by atoms with Crippen LogP contribution in [0.2, 0.25) is 0 Å². The summed E-state index contributed by atoms with van der Waals surface area (Å²) in [5, 5.41) is 7.49. The molecule has 0 saturated carbocycles. The lowest BCUT2D eigenvalue weighted by molar-refractivity contribution is -0.130. The molecule has 3 aromatic rings. The van der Waals surface area contributed by atoms with Crippen LogP contribution in [-0.2, 0) is 18.4 Å². The smallest absolute Gasteiger partial charge is 0.257 e. The molecule has 8 nitrogen and oxygen atoms in total. The Hall–Kier alpha value is -3.42. The first-order chi connectivity index (χ1) is 14.1. The summed E-state index contributed by atoms with van der Waals surface area (Å²) in [7, 11) is 1.87. The second kappa shape index (κ2) is 6.88. The molecule has 2 aliphatic heterocycles. The molecule has 0 unspecified atom stereocenters. The molecule has 0 bridgehead atoms. The number of benzene rings is 1. The SMILES string of the molecule is Cn1ncc2nc(Nc3cccc4c3C(=O)N(CC(=O)N3CCCC3)C4)ccc21. The molecule has 0 atom stereocenters. The van der Waals surface area contributed by atoms with Gasteiger partial charge in [-0.25, -0.2) is 4.98 Å². The van der Waals surface area contributed by atoms with Crippen LogP contribution in [-0.4, -0.2) is 56.0 Å². The molecule has 1 aromatic carbocycles. The zero-order valence-corrected chi connectivity index (χ0v) is 16.3. The van der Waals surface area contributed by atoms with Crippen LogP contribution in [0.4, 0.5) is 11.5 Å². The quantitative estimate of drug-likeness (QED) is 0.739. The van der Waals surface area contributed by atoms with E-state index in [4.69, 9.17) is 0 Å². The lowest BCUT2D eigenvalue weighted by Crippen LogP contribution is -2.39. The maximum atomic E-state index is 13.1. The molecule has 1 fully saturated rings. The van der Waals surface area contributed by atoms with Gasteiger partial charge in [-0.1, -0.05) is 12.1 Å². The van der Waals surface area contributed by atoms with Gasteiger partial charge >= 0.3 is 0 Å². The normalized spacial score (nSPS) is 16.0. The number of amides is 2. The van der Waals surface area contributed by atoms with Gasteiger partial charge in [0.15, 0.2) is 0 Å². The van der Waals surface area contributed by atoms with Crippen LogP contribution >= 0.6 is 0 Å². The highest BCUT2D eigenvalue weighted by Gasteiger charge is 2.32. The fraction of sp³-hybridized carbons (Fsp3) is 0.333. The van der Waals surface area contributed by atoms with Gasteiger partial charge in [0.25, 0.3) is 5.91 Å². The van der Waals surface area contributed by atoms with Crippen LogP contribution in [0.25, 0.3) is 11.0 Å². The van der Waals surface area contributed by atoms with E-state index in [-0.39, 0.29) is 18.4 Å².